The Kier molecular flexibility index (Phi) is 6.89. The number of hydrogen-bond donors (Lipinski definition) is 1. The number of carbonyl (C=O) groups is 2. The maximum absolute atomic E-state index is 12.1. The molecule has 0 aliphatic heterocycles. The molecule has 0 spiro atoms. The molecule has 0 unspecified atom stereocenters. The molecule has 1 aromatic heterocycles. The lowest BCUT2D eigenvalue weighted by Crippen LogP contribution is -2.22. The minimum absolute atomic E-state index is 0.312. The summed E-state index contributed by atoms with van der Waals surface area (Å²) in [5.41, 5.74) is 0.740. The molecular weight excluding hydrogens is 374 g/mol. The van der Waals surface area contributed by atoms with Crippen LogP contribution in [0, 0.1) is 0 Å². The fourth-order valence-electron chi connectivity index (χ4n) is 3.34. The first-order chi connectivity index (χ1) is 14.1. The van der Waals surface area contributed by atoms with Gasteiger partial charge in [0.1, 0.15) is 5.82 Å². The van der Waals surface area contributed by atoms with E-state index in [0.717, 1.165) is 18.4 Å². The standard InChI is InChI=1S/C21H25N3O5/c1-27-17-9-7-15(13-18(17)28-2)8-10-21(26)29-14-20(25)23-19-11-12-22-24(19)16-5-3-4-6-16/h7-13,16H,3-6,14H2,1-2H3,(H,23,25)/b10-8+. The van der Waals surface area contributed by atoms with Gasteiger partial charge >= 0.3 is 5.97 Å². The molecule has 29 heavy (non-hydrogen) atoms. The minimum Gasteiger partial charge on any atom is -0.493 e. The van der Waals surface area contributed by atoms with Gasteiger partial charge in [0.15, 0.2) is 18.1 Å². The summed E-state index contributed by atoms with van der Waals surface area (Å²) in [6, 6.07) is 7.31. The van der Waals surface area contributed by atoms with E-state index in [9.17, 15) is 9.59 Å². The normalized spacial score (nSPS) is 14.1. The molecule has 1 N–H and O–H groups in total. The second-order valence-corrected chi connectivity index (χ2v) is 6.70. The van der Waals surface area contributed by atoms with E-state index >= 15 is 0 Å². The maximum Gasteiger partial charge on any atom is 0.331 e. The molecule has 0 saturated heterocycles. The molecular formula is C21H25N3O5. The molecule has 1 fully saturated rings. The fourth-order valence-corrected chi connectivity index (χ4v) is 3.34. The molecule has 1 aliphatic carbocycles. The minimum atomic E-state index is -0.612. The number of nitrogens with one attached hydrogen (secondary N) is 1. The number of carbonyl (C=O) groups excluding carboxylic acids is 2. The number of benzene rings is 1. The highest BCUT2D eigenvalue weighted by Crippen LogP contribution is 2.31. The summed E-state index contributed by atoms with van der Waals surface area (Å²) in [6.45, 7) is -0.370. The summed E-state index contributed by atoms with van der Waals surface area (Å²) < 4.78 is 17.3. The Morgan fingerprint density at radius 1 is 1.17 bits per heavy atom. The third-order valence-corrected chi connectivity index (χ3v) is 4.77. The van der Waals surface area contributed by atoms with Crippen molar-refractivity contribution in [3.8, 4) is 11.5 Å². The van der Waals surface area contributed by atoms with E-state index in [2.05, 4.69) is 10.4 Å². The number of anilines is 1. The highest BCUT2D eigenvalue weighted by atomic mass is 16.5. The summed E-state index contributed by atoms with van der Waals surface area (Å²) in [5.74, 6) is 0.762. The Labute approximate surface area is 169 Å². The van der Waals surface area contributed by atoms with Crippen LogP contribution in [0.5, 0.6) is 11.5 Å². The SMILES string of the molecule is COc1ccc(/C=C/C(=O)OCC(=O)Nc2ccnn2C2CCCC2)cc1OC. The third-order valence-electron chi connectivity index (χ3n) is 4.77. The van der Waals surface area contributed by atoms with E-state index in [-0.39, 0.29) is 6.61 Å². The van der Waals surface area contributed by atoms with Crippen molar-refractivity contribution in [3.05, 3.63) is 42.1 Å². The fraction of sp³-hybridized carbons (Fsp3) is 0.381. The zero-order chi connectivity index (χ0) is 20.6. The molecule has 1 aromatic carbocycles. The van der Waals surface area contributed by atoms with Gasteiger partial charge in [-0.3, -0.25) is 4.79 Å². The highest BCUT2D eigenvalue weighted by Gasteiger charge is 2.20. The zero-order valence-electron chi connectivity index (χ0n) is 16.6. The lowest BCUT2D eigenvalue weighted by Gasteiger charge is -2.14. The number of methoxy groups -OCH3 is 2. The van der Waals surface area contributed by atoms with E-state index in [0.29, 0.717) is 23.4 Å². The Balaban J connectivity index is 1.50. The first-order valence-corrected chi connectivity index (χ1v) is 9.51. The lowest BCUT2D eigenvalue weighted by atomic mass is 10.2. The van der Waals surface area contributed by atoms with Gasteiger partial charge in [-0.2, -0.15) is 5.10 Å². The van der Waals surface area contributed by atoms with Gasteiger partial charge in [0, 0.05) is 12.1 Å². The third kappa shape index (κ3) is 5.37. The Morgan fingerprint density at radius 2 is 1.93 bits per heavy atom. The van der Waals surface area contributed by atoms with Crippen molar-refractivity contribution >= 4 is 23.8 Å². The zero-order valence-corrected chi connectivity index (χ0v) is 16.6. The van der Waals surface area contributed by atoms with Crippen LogP contribution in [0.2, 0.25) is 0 Å². The molecule has 1 heterocycles. The van der Waals surface area contributed by atoms with Crippen molar-refractivity contribution < 1.29 is 23.8 Å². The van der Waals surface area contributed by atoms with Gasteiger partial charge in [0.25, 0.3) is 5.91 Å². The van der Waals surface area contributed by atoms with Gasteiger partial charge in [-0.25, -0.2) is 9.48 Å². The first-order valence-electron chi connectivity index (χ1n) is 9.51. The number of hydrogen-bond acceptors (Lipinski definition) is 6. The van der Waals surface area contributed by atoms with E-state index in [1.165, 1.54) is 26.0 Å². The van der Waals surface area contributed by atoms with Gasteiger partial charge in [0.2, 0.25) is 0 Å². The van der Waals surface area contributed by atoms with Gasteiger partial charge in [0.05, 0.1) is 26.5 Å². The van der Waals surface area contributed by atoms with Crippen LogP contribution in [0.1, 0.15) is 37.3 Å². The van der Waals surface area contributed by atoms with Crippen molar-refractivity contribution in [1.29, 1.82) is 0 Å². The molecule has 154 valence electrons. The van der Waals surface area contributed by atoms with Crippen LogP contribution in [-0.2, 0) is 14.3 Å². The number of aromatic nitrogens is 2. The van der Waals surface area contributed by atoms with Crippen LogP contribution in [0.15, 0.2) is 36.5 Å². The van der Waals surface area contributed by atoms with Crippen LogP contribution in [-0.4, -0.2) is 42.5 Å². The van der Waals surface area contributed by atoms with Crippen LogP contribution < -0.4 is 14.8 Å². The summed E-state index contributed by atoms with van der Waals surface area (Å²) in [7, 11) is 3.09. The molecule has 1 amide bonds. The summed E-state index contributed by atoms with van der Waals surface area (Å²) in [4.78, 5) is 24.0. The molecule has 2 aromatic rings. The van der Waals surface area contributed by atoms with Crippen molar-refractivity contribution in [2.45, 2.75) is 31.7 Å². The van der Waals surface area contributed by atoms with Gasteiger partial charge in [-0.05, 0) is 36.6 Å². The molecule has 8 nitrogen and oxygen atoms in total. The number of ether oxygens (including phenoxy) is 3. The van der Waals surface area contributed by atoms with Crippen molar-refractivity contribution in [1.82, 2.24) is 9.78 Å². The number of amides is 1. The number of esters is 1. The average Bonchev–Trinajstić information content (AvgIpc) is 3.42. The maximum atomic E-state index is 12.1. The highest BCUT2D eigenvalue weighted by molar-refractivity contribution is 5.94. The van der Waals surface area contributed by atoms with Gasteiger partial charge in [-0.15, -0.1) is 0 Å². The Morgan fingerprint density at radius 3 is 2.66 bits per heavy atom. The summed E-state index contributed by atoms with van der Waals surface area (Å²) >= 11 is 0. The second kappa shape index (κ2) is 9.77. The molecule has 0 bridgehead atoms. The smallest absolute Gasteiger partial charge is 0.331 e. The molecule has 1 saturated carbocycles. The molecule has 1 aliphatic rings. The molecule has 0 atom stereocenters. The first kappa shape index (κ1) is 20.4. The van der Waals surface area contributed by atoms with Crippen molar-refractivity contribution in [2.24, 2.45) is 0 Å². The topological polar surface area (TPSA) is 91.7 Å². The number of nitrogens with zero attached hydrogens (tertiary/aromatic N) is 2. The van der Waals surface area contributed by atoms with Gasteiger partial charge < -0.3 is 19.5 Å². The van der Waals surface area contributed by atoms with Crippen LogP contribution in [0.4, 0.5) is 5.82 Å². The predicted octanol–water partition coefficient (Wildman–Crippen LogP) is 3.21. The van der Waals surface area contributed by atoms with Crippen LogP contribution >= 0.6 is 0 Å². The largest absolute Gasteiger partial charge is 0.493 e. The second-order valence-electron chi connectivity index (χ2n) is 6.70. The van der Waals surface area contributed by atoms with E-state index in [1.807, 2.05) is 4.68 Å². The van der Waals surface area contributed by atoms with Gasteiger partial charge in [-0.1, -0.05) is 18.9 Å². The Hall–Kier alpha value is -3.29. The molecule has 0 radical (unpaired) electrons. The van der Waals surface area contributed by atoms with E-state index in [1.54, 1.807) is 43.6 Å². The van der Waals surface area contributed by atoms with Crippen molar-refractivity contribution in [3.63, 3.8) is 0 Å². The quantitative estimate of drug-likeness (QED) is 0.541. The average molecular weight is 399 g/mol. The lowest BCUT2D eigenvalue weighted by molar-refractivity contribution is -0.142. The molecule has 3 rings (SSSR count). The van der Waals surface area contributed by atoms with E-state index in [4.69, 9.17) is 14.2 Å². The van der Waals surface area contributed by atoms with Crippen LogP contribution in [0.25, 0.3) is 6.08 Å². The van der Waals surface area contributed by atoms with Crippen molar-refractivity contribution in [2.75, 3.05) is 26.1 Å². The monoisotopic (exact) mass is 399 g/mol. The predicted molar refractivity (Wildman–Crippen MR) is 108 cm³/mol. The number of rotatable bonds is 8. The van der Waals surface area contributed by atoms with E-state index < -0.39 is 11.9 Å². The Bertz CT molecular complexity index is 884. The summed E-state index contributed by atoms with van der Waals surface area (Å²) in [6.07, 6.45) is 8.95. The van der Waals surface area contributed by atoms with Crippen LogP contribution in [0.3, 0.4) is 0 Å². The summed E-state index contributed by atoms with van der Waals surface area (Å²) in [5, 5.41) is 7.05. The molecule has 8 heteroatoms.